The number of nitrogens with one attached hydrogen (secondary N) is 2. The molecule has 1 unspecified atom stereocenters. The van der Waals surface area contributed by atoms with Gasteiger partial charge in [0.2, 0.25) is 5.91 Å². The molecule has 0 bridgehead atoms. The van der Waals surface area contributed by atoms with E-state index in [2.05, 4.69) is 27.7 Å². The fourth-order valence-corrected chi connectivity index (χ4v) is 3.03. The van der Waals surface area contributed by atoms with E-state index in [9.17, 15) is 9.59 Å². The molecule has 3 amide bonds. The van der Waals surface area contributed by atoms with Gasteiger partial charge in [-0.2, -0.15) is 0 Å². The van der Waals surface area contributed by atoms with Crippen molar-refractivity contribution in [3.63, 3.8) is 0 Å². The van der Waals surface area contributed by atoms with Gasteiger partial charge in [0.25, 0.3) is 0 Å². The van der Waals surface area contributed by atoms with Crippen LogP contribution in [0.3, 0.4) is 0 Å². The first-order valence-corrected chi connectivity index (χ1v) is 8.75. The van der Waals surface area contributed by atoms with Gasteiger partial charge in [-0.1, -0.05) is 30.3 Å². The van der Waals surface area contributed by atoms with E-state index >= 15 is 0 Å². The van der Waals surface area contributed by atoms with Gasteiger partial charge < -0.3 is 21.3 Å². The molecule has 1 saturated heterocycles. The van der Waals surface area contributed by atoms with E-state index in [1.165, 1.54) is 12.8 Å². The summed E-state index contributed by atoms with van der Waals surface area (Å²) in [5.74, 6) is 0.0575. The maximum atomic E-state index is 12.3. The van der Waals surface area contributed by atoms with Crippen LogP contribution >= 0.6 is 0 Å². The quantitative estimate of drug-likeness (QED) is 0.602. The highest BCUT2D eigenvalue weighted by molar-refractivity contribution is 5.76. The van der Waals surface area contributed by atoms with Crippen molar-refractivity contribution in [2.24, 2.45) is 5.73 Å². The second kappa shape index (κ2) is 9.93. The van der Waals surface area contributed by atoms with Gasteiger partial charge in [0.05, 0.1) is 6.04 Å². The third-order valence-electron chi connectivity index (χ3n) is 4.31. The van der Waals surface area contributed by atoms with E-state index in [4.69, 9.17) is 5.73 Å². The van der Waals surface area contributed by atoms with Crippen LogP contribution < -0.4 is 16.4 Å². The first-order valence-electron chi connectivity index (χ1n) is 8.75. The number of urea groups is 1. The smallest absolute Gasteiger partial charge is 0.312 e. The van der Waals surface area contributed by atoms with Crippen molar-refractivity contribution >= 4 is 11.9 Å². The van der Waals surface area contributed by atoms with Gasteiger partial charge in [0.15, 0.2) is 0 Å². The lowest BCUT2D eigenvalue weighted by atomic mass is 10.1. The normalized spacial score (nSPS) is 15.8. The van der Waals surface area contributed by atoms with Crippen LogP contribution in [0.15, 0.2) is 30.3 Å². The highest BCUT2D eigenvalue weighted by Gasteiger charge is 2.20. The van der Waals surface area contributed by atoms with E-state index in [0.29, 0.717) is 13.0 Å². The highest BCUT2D eigenvalue weighted by Crippen LogP contribution is 2.18. The van der Waals surface area contributed by atoms with Gasteiger partial charge in [-0.05, 0) is 44.3 Å². The lowest BCUT2D eigenvalue weighted by Gasteiger charge is -2.25. The lowest BCUT2D eigenvalue weighted by molar-refractivity contribution is -0.122. The van der Waals surface area contributed by atoms with Gasteiger partial charge in [-0.25, -0.2) is 4.79 Å². The number of hydrogen-bond acceptors (Lipinski definition) is 3. The van der Waals surface area contributed by atoms with Crippen molar-refractivity contribution in [1.82, 2.24) is 15.5 Å². The van der Waals surface area contributed by atoms with Crippen LogP contribution in [0.25, 0.3) is 0 Å². The van der Waals surface area contributed by atoms with E-state index < -0.39 is 6.03 Å². The van der Waals surface area contributed by atoms with Crippen LogP contribution in [0, 0.1) is 0 Å². The molecule has 0 aromatic heterocycles. The number of hydrogen-bond donors (Lipinski definition) is 3. The molecule has 1 aliphatic heterocycles. The summed E-state index contributed by atoms with van der Waals surface area (Å²) >= 11 is 0. The molecular weight excluding hydrogens is 304 g/mol. The lowest BCUT2D eigenvalue weighted by Crippen LogP contribution is -2.37. The Hall–Kier alpha value is -2.08. The maximum absolute atomic E-state index is 12.3. The first kappa shape index (κ1) is 18.3. The molecule has 0 aliphatic carbocycles. The molecule has 2 rings (SSSR count). The second-order valence-electron chi connectivity index (χ2n) is 6.29. The minimum atomic E-state index is -0.519. The Kier molecular flexibility index (Phi) is 7.55. The molecule has 132 valence electrons. The summed E-state index contributed by atoms with van der Waals surface area (Å²) in [7, 11) is 0. The van der Waals surface area contributed by atoms with Crippen molar-refractivity contribution in [2.45, 2.75) is 38.1 Å². The second-order valence-corrected chi connectivity index (χ2v) is 6.29. The molecular formula is C18H28N4O2. The van der Waals surface area contributed by atoms with E-state index in [1.807, 2.05) is 18.2 Å². The Balaban J connectivity index is 1.80. The molecule has 0 radical (unpaired) electrons. The molecule has 1 atom stereocenters. The Labute approximate surface area is 143 Å². The average molecular weight is 332 g/mol. The molecule has 0 saturated carbocycles. The molecule has 6 heteroatoms. The number of rotatable bonds is 9. The molecule has 1 aliphatic rings. The summed E-state index contributed by atoms with van der Waals surface area (Å²) in [6.07, 6.45) is 4.42. The molecule has 24 heavy (non-hydrogen) atoms. The van der Waals surface area contributed by atoms with Crippen molar-refractivity contribution in [3.05, 3.63) is 35.9 Å². The van der Waals surface area contributed by atoms with Gasteiger partial charge >= 0.3 is 6.03 Å². The van der Waals surface area contributed by atoms with Crippen LogP contribution in [0.4, 0.5) is 4.79 Å². The van der Waals surface area contributed by atoms with Crippen molar-refractivity contribution in [1.29, 1.82) is 0 Å². The topological polar surface area (TPSA) is 87.5 Å². The SMILES string of the molecule is NC(=O)NCCCCC(=O)NC(CN1CCCC1)c1ccccc1. The average Bonchev–Trinajstić information content (AvgIpc) is 3.07. The molecule has 6 nitrogen and oxygen atoms in total. The van der Waals surface area contributed by atoms with Gasteiger partial charge in [-0.15, -0.1) is 0 Å². The van der Waals surface area contributed by atoms with Gasteiger partial charge in [0.1, 0.15) is 0 Å². The predicted molar refractivity (Wildman–Crippen MR) is 94.4 cm³/mol. The zero-order valence-electron chi connectivity index (χ0n) is 14.2. The molecule has 1 fully saturated rings. The van der Waals surface area contributed by atoms with E-state index in [0.717, 1.165) is 38.0 Å². The first-order chi connectivity index (χ1) is 11.6. The molecule has 0 spiro atoms. The van der Waals surface area contributed by atoms with Crippen molar-refractivity contribution in [3.8, 4) is 0 Å². The van der Waals surface area contributed by atoms with Crippen LogP contribution in [0.5, 0.6) is 0 Å². The highest BCUT2D eigenvalue weighted by atomic mass is 16.2. The number of nitrogens with zero attached hydrogens (tertiary/aromatic N) is 1. The fraction of sp³-hybridized carbons (Fsp3) is 0.556. The number of unbranched alkanes of at least 4 members (excludes halogenated alkanes) is 1. The monoisotopic (exact) mass is 332 g/mol. The predicted octanol–water partition coefficient (Wildman–Crippen LogP) is 1.78. The summed E-state index contributed by atoms with van der Waals surface area (Å²) in [5.41, 5.74) is 6.15. The van der Waals surface area contributed by atoms with Crippen LogP contribution in [0.1, 0.15) is 43.7 Å². The zero-order chi connectivity index (χ0) is 17.2. The summed E-state index contributed by atoms with van der Waals surface area (Å²) in [6.45, 7) is 3.59. The third-order valence-corrected chi connectivity index (χ3v) is 4.31. The number of amides is 3. The molecule has 4 N–H and O–H groups in total. The number of likely N-dealkylation sites (tertiary alicyclic amines) is 1. The maximum Gasteiger partial charge on any atom is 0.312 e. The summed E-state index contributed by atoms with van der Waals surface area (Å²) in [5, 5.41) is 5.70. The Morgan fingerprint density at radius 3 is 2.50 bits per heavy atom. The minimum Gasteiger partial charge on any atom is -0.352 e. The van der Waals surface area contributed by atoms with Gasteiger partial charge in [0, 0.05) is 19.5 Å². The standard InChI is InChI=1S/C18H28N4O2/c19-18(24)20-11-5-4-10-17(23)21-16(14-22-12-6-7-13-22)15-8-2-1-3-9-15/h1-3,8-9,16H,4-7,10-14H2,(H,21,23)(H3,19,20,24). The molecule has 1 heterocycles. The van der Waals surface area contributed by atoms with E-state index in [1.54, 1.807) is 0 Å². The Bertz CT molecular complexity index is 515. The van der Waals surface area contributed by atoms with Crippen molar-refractivity contribution in [2.75, 3.05) is 26.2 Å². The number of carbonyl (C=O) groups excluding carboxylic acids is 2. The number of benzene rings is 1. The summed E-state index contributed by atoms with van der Waals surface area (Å²) in [4.78, 5) is 25.3. The summed E-state index contributed by atoms with van der Waals surface area (Å²) in [6, 6.07) is 9.65. The molecule has 1 aromatic rings. The Morgan fingerprint density at radius 2 is 1.83 bits per heavy atom. The Morgan fingerprint density at radius 1 is 1.12 bits per heavy atom. The third kappa shape index (κ3) is 6.58. The molecule has 1 aromatic carbocycles. The zero-order valence-corrected chi connectivity index (χ0v) is 14.2. The fourth-order valence-electron chi connectivity index (χ4n) is 3.03. The summed E-state index contributed by atoms with van der Waals surface area (Å²) < 4.78 is 0. The van der Waals surface area contributed by atoms with Crippen LogP contribution in [0.2, 0.25) is 0 Å². The van der Waals surface area contributed by atoms with Crippen LogP contribution in [-0.4, -0.2) is 43.0 Å². The largest absolute Gasteiger partial charge is 0.352 e. The van der Waals surface area contributed by atoms with E-state index in [-0.39, 0.29) is 11.9 Å². The minimum absolute atomic E-state index is 0.0283. The van der Waals surface area contributed by atoms with Gasteiger partial charge in [-0.3, -0.25) is 4.79 Å². The van der Waals surface area contributed by atoms with Crippen LogP contribution in [-0.2, 0) is 4.79 Å². The number of nitrogens with two attached hydrogens (primary N) is 1. The number of primary amides is 1. The van der Waals surface area contributed by atoms with Crippen molar-refractivity contribution < 1.29 is 9.59 Å². The number of carbonyl (C=O) groups is 2.